The fourth-order valence-electron chi connectivity index (χ4n) is 2.56. The molecule has 2 fully saturated rings. The zero-order chi connectivity index (χ0) is 11.1. The van der Waals surface area contributed by atoms with Crippen LogP contribution >= 0.6 is 0 Å². The Morgan fingerprint density at radius 3 is 2.40 bits per heavy atom. The monoisotopic (exact) mass is 212 g/mol. The highest BCUT2D eigenvalue weighted by atomic mass is 15.2. The van der Waals surface area contributed by atoms with Crippen molar-refractivity contribution in [1.82, 2.24) is 9.80 Å². The predicted octanol–water partition coefficient (Wildman–Crippen LogP) is 2.59. The van der Waals surface area contributed by atoms with Crippen molar-refractivity contribution >= 4 is 0 Å². The van der Waals surface area contributed by atoms with Gasteiger partial charge in [0.1, 0.15) is 0 Å². The summed E-state index contributed by atoms with van der Waals surface area (Å²) in [4.78, 5) is 5.20. The van der Waals surface area contributed by atoms with Gasteiger partial charge in [-0.25, -0.2) is 0 Å². The number of likely N-dealkylation sites (N-methyl/N-ethyl adjacent to an activating group) is 1. The van der Waals surface area contributed by atoms with E-state index in [9.17, 15) is 0 Å². The molecule has 1 atom stereocenters. The zero-order valence-corrected chi connectivity index (χ0v) is 10.8. The van der Waals surface area contributed by atoms with Gasteiger partial charge in [-0.05, 0) is 45.9 Å². The first-order valence-electron chi connectivity index (χ1n) is 6.70. The molecule has 0 aromatic heterocycles. The number of nitrogens with zero attached hydrogens (tertiary/aromatic N) is 2. The van der Waals surface area contributed by atoms with Crippen LogP contribution in [0.1, 0.15) is 46.0 Å². The molecule has 2 rings (SSSR count). The molecule has 2 saturated heterocycles. The lowest BCUT2D eigenvalue weighted by Crippen LogP contribution is -2.43. The third-order valence-corrected chi connectivity index (χ3v) is 3.26. The topological polar surface area (TPSA) is 6.48 Å². The van der Waals surface area contributed by atoms with Gasteiger partial charge in [0.25, 0.3) is 0 Å². The molecule has 0 N–H and O–H groups in total. The van der Waals surface area contributed by atoms with Crippen molar-refractivity contribution in [2.75, 3.05) is 33.2 Å². The van der Waals surface area contributed by atoms with E-state index in [1.807, 2.05) is 0 Å². The van der Waals surface area contributed by atoms with Gasteiger partial charge >= 0.3 is 0 Å². The van der Waals surface area contributed by atoms with E-state index >= 15 is 0 Å². The lowest BCUT2D eigenvalue weighted by Gasteiger charge is -2.34. The molecule has 0 aliphatic carbocycles. The molecular weight excluding hydrogens is 184 g/mol. The molecule has 0 amide bonds. The van der Waals surface area contributed by atoms with Crippen LogP contribution in [0.2, 0.25) is 0 Å². The maximum absolute atomic E-state index is 2.70. The third kappa shape index (κ3) is 4.52. The van der Waals surface area contributed by atoms with Crippen LogP contribution in [0.4, 0.5) is 0 Å². The Kier molecular flexibility index (Phi) is 6.26. The second-order valence-corrected chi connectivity index (χ2v) is 5.01. The van der Waals surface area contributed by atoms with Crippen LogP contribution in [0.5, 0.6) is 0 Å². The minimum atomic E-state index is 0.881. The van der Waals surface area contributed by atoms with Crippen molar-refractivity contribution in [1.29, 1.82) is 0 Å². The SMILES string of the molecule is CCC.CN1CCCN2CCCCC2C1. The lowest BCUT2D eigenvalue weighted by atomic mass is 10.0. The smallest absolute Gasteiger partial charge is 0.0223 e. The van der Waals surface area contributed by atoms with Gasteiger partial charge in [0, 0.05) is 12.6 Å². The summed E-state index contributed by atoms with van der Waals surface area (Å²) >= 11 is 0. The Labute approximate surface area is 95.6 Å². The van der Waals surface area contributed by atoms with Crippen molar-refractivity contribution in [3.05, 3.63) is 0 Å². The number of hydrogen-bond acceptors (Lipinski definition) is 2. The minimum absolute atomic E-state index is 0.881. The Hall–Kier alpha value is -0.0800. The summed E-state index contributed by atoms with van der Waals surface area (Å²) in [5.41, 5.74) is 0. The van der Waals surface area contributed by atoms with Gasteiger partial charge in [-0.15, -0.1) is 0 Å². The molecule has 90 valence electrons. The molecule has 0 saturated carbocycles. The Balaban J connectivity index is 0.000000337. The van der Waals surface area contributed by atoms with Gasteiger partial charge < -0.3 is 4.90 Å². The average Bonchev–Trinajstić information content (AvgIpc) is 2.39. The lowest BCUT2D eigenvalue weighted by molar-refractivity contribution is 0.144. The maximum atomic E-state index is 2.70. The molecule has 2 heterocycles. The second kappa shape index (κ2) is 7.24. The molecule has 0 aromatic rings. The Morgan fingerprint density at radius 1 is 1.00 bits per heavy atom. The van der Waals surface area contributed by atoms with E-state index in [1.54, 1.807) is 0 Å². The van der Waals surface area contributed by atoms with E-state index in [4.69, 9.17) is 0 Å². The summed E-state index contributed by atoms with van der Waals surface area (Å²) in [6.45, 7) is 9.56. The summed E-state index contributed by atoms with van der Waals surface area (Å²) in [7, 11) is 2.26. The normalized spacial score (nSPS) is 28.6. The molecule has 0 radical (unpaired) electrons. The summed E-state index contributed by atoms with van der Waals surface area (Å²) < 4.78 is 0. The number of hydrogen-bond donors (Lipinski definition) is 0. The van der Waals surface area contributed by atoms with E-state index < -0.39 is 0 Å². The maximum Gasteiger partial charge on any atom is 0.0223 e. The molecule has 2 nitrogen and oxygen atoms in total. The highest BCUT2D eigenvalue weighted by molar-refractivity contribution is 4.81. The van der Waals surface area contributed by atoms with Gasteiger partial charge in [-0.2, -0.15) is 0 Å². The number of fused-ring (bicyclic) bond motifs is 1. The number of rotatable bonds is 0. The molecule has 0 aromatic carbocycles. The van der Waals surface area contributed by atoms with Crippen LogP contribution in [0.15, 0.2) is 0 Å². The van der Waals surface area contributed by atoms with E-state index in [1.165, 1.54) is 58.3 Å². The number of piperidine rings is 1. The summed E-state index contributed by atoms with van der Waals surface area (Å²) in [6.07, 6.45) is 6.94. The van der Waals surface area contributed by atoms with Crippen molar-refractivity contribution in [3.8, 4) is 0 Å². The van der Waals surface area contributed by atoms with Crippen LogP contribution in [-0.4, -0.2) is 49.1 Å². The van der Waals surface area contributed by atoms with Gasteiger partial charge in [-0.1, -0.05) is 26.7 Å². The van der Waals surface area contributed by atoms with Gasteiger partial charge in [0.15, 0.2) is 0 Å². The fourth-order valence-corrected chi connectivity index (χ4v) is 2.56. The van der Waals surface area contributed by atoms with Crippen LogP contribution in [0, 0.1) is 0 Å². The summed E-state index contributed by atoms with van der Waals surface area (Å²) in [6, 6.07) is 0.881. The molecule has 0 spiro atoms. The quantitative estimate of drug-likeness (QED) is 0.609. The van der Waals surface area contributed by atoms with Crippen LogP contribution in [-0.2, 0) is 0 Å². The van der Waals surface area contributed by atoms with Gasteiger partial charge in [0.2, 0.25) is 0 Å². The van der Waals surface area contributed by atoms with E-state index in [2.05, 4.69) is 30.7 Å². The minimum Gasteiger partial charge on any atom is -0.305 e. The van der Waals surface area contributed by atoms with E-state index in [0.717, 1.165) is 6.04 Å². The summed E-state index contributed by atoms with van der Waals surface area (Å²) in [5.74, 6) is 0. The zero-order valence-electron chi connectivity index (χ0n) is 10.8. The molecule has 2 aliphatic heterocycles. The molecule has 2 aliphatic rings. The summed E-state index contributed by atoms with van der Waals surface area (Å²) in [5, 5.41) is 0. The first-order valence-corrected chi connectivity index (χ1v) is 6.70. The van der Waals surface area contributed by atoms with Crippen molar-refractivity contribution in [2.24, 2.45) is 0 Å². The van der Waals surface area contributed by atoms with Crippen LogP contribution in [0.3, 0.4) is 0 Å². The van der Waals surface area contributed by atoms with Crippen LogP contribution < -0.4 is 0 Å². The van der Waals surface area contributed by atoms with E-state index in [0.29, 0.717) is 0 Å². The molecule has 15 heavy (non-hydrogen) atoms. The molecule has 0 bridgehead atoms. The first-order chi connectivity index (χ1) is 7.27. The predicted molar refractivity (Wildman–Crippen MR) is 67.3 cm³/mol. The second-order valence-electron chi connectivity index (χ2n) is 5.01. The van der Waals surface area contributed by atoms with Gasteiger partial charge in [0.05, 0.1) is 0 Å². The average molecular weight is 212 g/mol. The first kappa shape index (κ1) is 13.0. The highest BCUT2D eigenvalue weighted by Crippen LogP contribution is 2.19. The molecule has 2 heteroatoms. The van der Waals surface area contributed by atoms with Gasteiger partial charge in [-0.3, -0.25) is 4.90 Å². The fraction of sp³-hybridized carbons (Fsp3) is 1.00. The van der Waals surface area contributed by atoms with Crippen molar-refractivity contribution < 1.29 is 0 Å². The van der Waals surface area contributed by atoms with E-state index in [-0.39, 0.29) is 0 Å². The van der Waals surface area contributed by atoms with Crippen molar-refractivity contribution in [3.63, 3.8) is 0 Å². The largest absolute Gasteiger partial charge is 0.305 e. The van der Waals surface area contributed by atoms with Crippen LogP contribution in [0.25, 0.3) is 0 Å². The van der Waals surface area contributed by atoms with Crippen molar-refractivity contribution in [2.45, 2.75) is 52.0 Å². The molecule has 1 unspecified atom stereocenters. The third-order valence-electron chi connectivity index (χ3n) is 3.26. The highest BCUT2D eigenvalue weighted by Gasteiger charge is 2.25. The molecular formula is C13H28N2. The Morgan fingerprint density at radius 2 is 1.67 bits per heavy atom. The standard InChI is InChI=1S/C10H20N2.C3H8/c1-11-6-4-8-12-7-3-2-5-10(12)9-11;1-3-2/h10H,2-9H2,1H3;3H2,1-2H3. The Bertz CT molecular complexity index is 159.